The minimum Gasteiger partial charge on any atom is -0.355 e. The summed E-state index contributed by atoms with van der Waals surface area (Å²) in [4.78, 5) is 22.9. The van der Waals surface area contributed by atoms with Crippen LogP contribution in [0.1, 0.15) is 10.4 Å². The predicted octanol–water partition coefficient (Wildman–Crippen LogP) is -0.0325. The SMILES string of the molecule is CNC(=O)c1ccc(S(=O)(=O)Nc2cccc(S(=O)(=O)N3CCNC(=O)C3)c2)cc1. The van der Waals surface area contributed by atoms with Gasteiger partial charge in [-0.3, -0.25) is 14.3 Å². The van der Waals surface area contributed by atoms with Gasteiger partial charge in [-0.05, 0) is 42.5 Å². The van der Waals surface area contributed by atoms with E-state index in [4.69, 9.17) is 0 Å². The molecule has 0 unspecified atom stereocenters. The third-order valence-corrected chi connectivity index (χ3v) is 7.62. The minimum absolute atomic E-state index is 0.0490. The highest BCUT2D eigenvalue weighted by Crippen LogP contribution is 2.22. The lowest BCUT2D eigenvalue weighted by molar-refractivity contribution is -0.122. The van der Waals surface area contributed by atoms with Gasteiger partial charge in [0.1, 0.15) is 0 Å². The second kappa shape index (κ2) is 8.42. The second-order valence-corrected chi connectivity index (χ2v) is 10.0. The second-order valence-electron chi connectivity index (χ2n) is 6.43. The molecule has 1 heterocycles. The summed E-state index contributed by atoms with van der Waals surface area (Å²) in [5, 5.41) is 4.99. The molecule has 0 radical (unpaired) electrons. The van der Waals surface area contributed by atoms with E-state index >= 15 is 0 Å². The summed E-state index contributed by atoms with van der Waals surface area (Å²) in [6, 6.07) is 10.6. The first kappa shape index (κ1) is 21.7. The molecule has 1 aliphatic heterocycles. The highest BCUT2D eigenvalue weighted by molar-refractivity contribution is 7.92. The number of carbonyl (C=O) groups excluding carboxylic acids is 2. The quantitative estimate of drug-likeness (QED) is 0.562. The molecule has 160 valence electrons. The zero-order valence-corrected chi connectivity index (χ0v) is 17.6. The highest BCUT2D eigenvalue weighted by Gasteiger charge is 2.29. The molecule has 0 saturated carbocycles. The van der Waals surface area contributed by atoms with E-state index in [1.54, 1.807) is 0 Å². The number of rotatable bonds is 6. The van der Waals surface area contributed by atoms with Gasteiger partial charge in [-0.15, -0.1) is 0 Å². The van der Waals surface area contributed by atoms with Crippen LogP contribution >= 0.6 is 0 Å². The first-order valence-corrected chi connectivity index (χ1v) is 11.8. The van der Waals surface area contributed by atoms with Gasteiger partial charge in [0.15, 0.2) is 0 Å². The van der Waals surface area contributed by atoms with Crippen LogP contribution in [0.15, 0.2) is 58.3 Å². The fourth-order valence-electron chi connectivity index (χ4n) is 2.83. The van der Waals surface area contributed by atoms with Crippen molar-refractivity contribution in [2.24, 2.45) is 0 Å². The number of nitrogens with one attached hydrogen (secondary N) is 3. The van der Waals surface area contributed by atoms with Gasteiger partial charge in [0.2, 0.25) is 15.9 Å². The number of nitrogens with zero attached hydrogens (tertiary/aromatic N) is 1. The van der Waals surface area contributed by atoms with Crippen LogP contribution in [0.2, 0.25) is 0 Å². The maximum Gasteiger partial charge on any atom is 0.261 e. The molecule has 12 heteroatoms. The Labute approximate surface area is 174 Å². The molecule has 3 rings (SSSR count). The van der Waals surface area contributed by atoms with Crippen molar-refractivity contribution in [3.8, 4) is 0 Å². The Hall–Kier alpha value is -2.96. The Morgan fingerprint density at radius 1 is 1.03 bits per heavy atom. The van der Waals surface area contributed by atoms with Crippen molar-refractivity contribution in [2.75, 3.05) is 31.4 Å². The maximum absolute atomic E-state index is 12.8. The summed E-state index contributed by atoms with van der Waals surface area (Å²) in [7, 11) is -6.51. The van der Waals surface area contributed by atoms with E-state index in [2.05, 4.69) is 15.4 Å². The fourth-order valence-corrected chi connectivity index (χ4v) is 5.33. The number of hydrogen-bond donors (Lipinski definition) is 3. The van der Waals surface area contributed by atoms with E-state index in [1.165, 1.54) is 55.6 Å². The van der Waals surface area contributed by atoms with Gasteiger partial charge in [0.05, 0.1) is 22.0 Å². The number of amides is 2. The molecule has 0 spiro atoms. The van der Waals surface area contributed by atoms with Crippen LogP contribution in [0.25, 0.3) is 0 Å². The summed E-state index contributed by atoms with van der Waals surface area (Å²) < 4.78 is 54.2. The fraction of sp³-hybridized carbons (Fsp3) is 0.222. The van der Waals surface area contributed by atoms with Crippen molar-refractivity contribution in [3.63, 3.8) is 0 Å². The molecule has 3 N–H and O–H groups in total. The average Bonchev–Trinajstić information content (AvgIpc) is 2.73. The normalized spacial score (nSPS) is 15.3. The maximum atomic E-state index is 12.8. The Morgan fingerprint density at radius 3 is 2.37 bits per heavy atom. The lowest BCUT2D eigenvalue weighted by Gasteiger charge is -2.26. The molecule has 10 nitrogen and oxygen atoms in total. The number of benzene rings is 2. The molecule has 1 aliphatic rings. The molecule has 2 aromatic rings. The number of carbonyl (C=O) groups is 2. The van der Waals surface area contributed by atoms with Gasteiger partial charge in [-0.1, -0.05) is 6.07 Å². The van der Waals surface area contributed by atoms with Crippen molar-refractivity contribution < 1.29 is 26.4 Å². The van der Waals surface area contributed by atoms with Crippen LogP contribution in [0.4, 0.5) is 5.69 Å². The molecule has 2 aromatic carbocycles. The molecule has 2 amide bonds. The Balaban J connectivity index is 1.84. The van der Waals surface area contributed by atoms with Crippen LogP contribution in [0.3, 0.4) is 0 Å². The topological polar surface area (TPSA) is 142 Å². The standard InChI is InChI=1S/C18H20N4O6S2/c1-19-18(24)13-5-7-15(8-6-13)29(25,26)21-14-3-2-4-16(11-14)30(27,28)22-10-9-20-17(23)12-22/h2-8,11,21H,9-10,12H2,1H3,(H,19,24)(H,20,23). The van der Waals surface area contributed by atoms with E-state index in [9.17, 15) is 26.4 Å². The Morgan fingerprint density at radius 2 is 1.73 bits per heavy atom. The first-order valence-electron chi connectivity index (χ1n) is 8.85. The predicted molar refractivity (Wildman–Crippen MR) is 109 cm³/mol. The van der Waals surface area contributed by atoms with Crippen LogP contribution in [0, 0.1) is 0 Å². The molecule has 0 bridgehead atoms. The zero-order chi connectivity index (χ0) is 21.9. The van der Waals surface area contributed by atoms with Gasteiger partial charge in [0.25, 0.3) is 15.9 Å². The van der Waals surface area contributed by atoms with Crippen molar-refractivity contribution in [1.82, 2.24) is 14.9 Å². The Bertz CT molecular complexity index is 1180. The minimum atomic E-state index is -4.01. The summed E-state index contributed by atoms with van der Waals surface area (Å²) >= 11 is 0. The van der Waals surface area contributed by atoms with Crippen LogP contribution in [-0.2, 0) is 24.8 Å². The molecule has 0 aromatic heterocycles. The number of piperazine rings is 1. The molecule has 30 heavy (non-hydrogen) atoms. The van der Waals surface area contributed by atoms with Gasteiger partial charge in [-0.25, -0.2) is 16.8 Å². The van der Waals surface area contributed by atoms with Crippen molar-refractivity contribution in [1.29, 1.82) is 0 Å². The van der Waals surface area contributed by atoms with Gasteiger partial charge >= 0.3 is 0 Å². The number of anilines is 1. The Kier molecular flexibility index (Phi) is 6.10. The molecule has 1 fully saturated rings. The summed E-state index contributed by atoms with van der Waals surface area (Å²) in [6.45, 7) is 0.0358. The van der Waals surface area contributed by atoms with Crippen molar-refractivity contribution in [3.05, 3.63) is 54.1 Å². The molecule has 0 aliphatic carbocycles. The lowest BCUT2D eigenvalue weighted by atomic mass is 10.2. The van der Waals surface area contributed by atoms with Crippen molar-refractivity contribution in [2.45, 2.75) is 9.79 Å². The monoisotopic (exact) mass is 452 g/mol. The van der Waals surface area contributed by atoms with Crippen molar-refractivity contribution >= 4 is 37.5 Å². The van der Waals surface area contributed by atoms with E-state index < -0.39 is 26.0 Å². The van der Waals surface area contributed by atoms with Gasteiger partial charge in [0, 0.05) is 25.7 Å². The molecular weight excluding hydrogens is 432 g/mol. The third-order valence-electron chi connectivity index (χ3n) is 4.38. The third kappa shape index (κ3) is 4.61. The summed E-state index contributed by atoms with van der Waals surface area (Å²) in [6.07, 6.45) is 0. The summed E-state index contributed by atoms with van der Waals surface area (Å²) in [5.41, 5.74) is 0.350. The van der Waals surface area contributed by atoms with E-state index in [1.807, 2.05) is 0 Å². The first-order chi connectivity index (χ1) is 14.1. The number of hydrogen-bond acceptors (Lipinski definition) is 6. The average molecular weight is 453 g/mol. The smallest absolute Gasteiger partial charge is 0.261 e. The molecule has 1 saturated heterocycles. The summed E-state index contributed by atoms with van der Waals surface area (Å²) in [5.74, 6) is -0.752. The van der Waals surface area contributed by atoms with E-state index in [0.717, 1.165) is 4.31 Å². The van der Waals surface area contributed by atoms with Crippen LogP contribution in [0.5, 0.6) is 0 Å². The number of sulfonamides is 2. The van der Waals surface area contributed by atoms with E-state index in [0.29, 0.717) is 5.56 Å². The zero-order valence-electron chi connectivity index (χ0n) is 16.0. The highest BCUT2D eigenvalue weighted by atomic mass is 32.2. The lowest BCUT2D eigenvalue weighted by Crippen LogP contribution is -2.49. The van der Waals surface area contributed by atoms with Gasteiger partial charge in [-0.2, -0.15) is 4.31 Å². The van der Waals surface area contributed by atoms with E-state index in [-0.39, 0.29) is 41.0 Å². The largest absolute Gasteiger partial charge is 0.355 e. The molecule has 0 atom stereocenters. The molecular formula is C18H20N4O6S2. The van der Waals surface area contributed by atoms with Crippen LogP contribution < -0.4 is 15.4 Å². The van der Waals surface area contributed by atoms with Gasteiger partial charge < -0.3 is 10.6 Å². The van der Waals surface area contributed by atoms with Crippen LogP contribution in [-0.4, -0.2) is 59.6 Å².